The summed E-state index contributed by atoms with van der Waals surface area (Å²) in [4.78, 5) is 0. The van der Waals surface area contributed by atoms with Crippen molar-refractivity contribution >= 4 is 97.2 Å². The highest BCUT2D eigenvalue weighted by atomic mass is 32.1. The van der Waals surface area contributed by atoms with Gasteiger partial charge in [0.05, 0.1) is 15.7 Å². The normalized spacial score (nSPS) is 12.3. The fourth-order valence-electron chi connectivity index (χ4n) is 7.59. The monoisotopic (exact) mass is 605 g/mol. The molecule has 7 aromatic carbocycles. The molecule has 11 rings (SSSR count). The highest BCUT2D eigenvalue weighted by molar-refractivity contribution is 7.26. The number of para-hydroxylation sites is 2. The first-order chi connectivity index (χ1) is 22.8. The number of benzene rings is 7. The number of aromatic nitrogens is 1. The molecule has 0 aliphatic rings. The Morgan fingerprint density at radius 3 is 2.13 bits per heavy atom. The largest absolute Gasteiger partial charge is 0.456 e. The Balaban J connectivity index is 1.20. The van der Waals surface area contributed by atoms with Crippen LogP contribution >= 0.6 is 11.3 Å². The number of nitrogens with zero attached hydrogens (tertiary/aromatic N) is 1. The Morgan fingerprint density at radius 2 is 1.17 bits per heavy atom. The topological polar surface area (TPSA) is 31.2 Å². The van der Waals surface area contributed by atoms with Crippen molar-refractivity contribution < 1.29 is 8.83 Å². The van der Waals surface area contributed by atoms with E-state index in [2.05, 4.69) is 132 Å². The zero-order valence-electron chi connectivity index (χ0n) is 24.5. The molecule has 0 amide bonds. The molecule has 11 aromatic rings. The van der Waals surface area contributed by atoms with Gasteiger partial charge in [0.2, 0.25) is 0 Å². The maximum atomic E-state index is 6.48. The summed E-state index contributed by atoms with van der Waals surface area (Å²) < 4.78 is 17.8. The van der Waals surface area contributed by atoms with E-state index in [0.29, 0.717) is 0 Å². The molecule has 0 saturated heterocycles. The molecule has 4 heterocycles. The maximum absolute atomic E-state index is 6.48. The summed E-state index contributed by atoms with van der Waals surface area (Å²) in [5, 5.41) is 9.62. The average molecular weight is 606 g/mol. The fourth-order valence-corrected chi connectivity index (χ4v) is 8.83. The summed E-state index contributed by atoms with van der Waals surface area (Å²) in [6.45, 7) is 0. The zero-order chi connectivity index (χ0) is 29.9. The lowest BCUT2D eigenvalue weighted by molar-refractivity contribution is 0.668. The summed E-state index contributed by atoms with van der Waals surface area (Å²) in [5.41, 5.74) is 9.36. The third-order valence-corrected chi connectivity index (χ3v) is 10.8. The van der Waals surface area contributed by atoms with Gasteiger partial charge >= 0.3 is 0 Å². The third-order valence-electron chi connectivity index (χ3n) is 9.61. The predicted molar refractivity (Wildman–Crippen MR) is 194 cm³/mol. The van der Waals surface area contributed by atoms with Gasteiger partial charge in [0.25, 0.3) is 0 Å². The van der Waals surface area contributed by atoms with Crippen LogP contribution in [0.4, 0.5) is 0 Å². The van der Waals surface area contributed by atoms with Crippen LogP contribution in [0, 0.1) is 0 Å². The molecule has 46 heavy (non-hydrogen) atoms. The first-order valence-electron chi connectivity index (χ1n) is 15.5. The van der Waals surface area contributed by atoms with E-state index in [1.54, 1.807) is 0 Å². The lowest BCUT2D eigenvalue weighted by atomic mass is 9.98. The summed E-state index contributed by atoms with van der Waals surface area (Å²) >= 11 is 1.88. The van der Waals surface area contributed by atoms with Crippen molar-refractivity contribution in [1.29, 1.82) is 0 Å². The van der Waals surface area contributed by atoms with E-state index in [0.717, 1.165) is 60.7 Å². The lowest BCUT2D eigenvalue weighted by Gasteiger charge is -2.09. The van der Waals surface area contributed by atoms with Crippen LogP contribution in [-0.4, -0.2) is 4.57 Å². The fraction of sp³-hybridized carbons (Fsp3) is 0. The number of hydrogen-bond donors (Lipinski definition) is 0. The predicted octanol–water partition coefficient (Wildman–Crippen LogP) is 12.6. The molecular weight excluding hydrogens is 583 g/mol. The molecule has 0 atom stereocenters. The summed E-state index contributed by atoms with van der Waals surface area (Å²) in [5.74, 6) is 0. The minimum Gasteiger partial charge on any atom is -0.456 e. The highest BCUT2D eigenvalue weighted by Gasteiger charge is 2.20. The number of rotatable bonds is 2. The smallest absolute Gasteiger partial charge is 0.136 e. The van der Waals surface area contributed by atoms with Crippen LogP contribution < -0.4 is 0 Å². The Bertz CT molecular complexity index is 3040. The van der Waals surface area contributed by atoms with E-state index < -0.39 is 0 Å². The Kier molecular flexibility index (Phi) is 4.72. The molecule has 0 aliphatic carbocycles. The lowest BCUT2D eigenvalue weighted by Crippen LogP contribution is -1.93. The minimum absolute atomic E-state index is 0.878. The Labute approximate surface area is 266 Å². The average Bonchev–Trinajstić information content (AvgIpc) is 3.86. The molecule has 0 radical (unpaired) electrons. The molecule has 0 bridgehead atoms. The molecule has 0 fully saturated rings. The van der Waals surface area contributed by atoms with Crippen LogP contribution in [0.5, 0.6) is 0 Å². The van der Waals surface area contributed by atoms with Crippen molar-refractivity contribution in [2.45, 2.75) is 0 Å². The van der Waals surface area contributed by atoms with Gasteiger partial charge in [-0.1, -0.05) is 84.9 Å². The molecular formula is C42H23NO2S. The summed E-state index contributed by atoms with van der Waals surface area (Å²) in [6.07, 6.45) is 0. The number of furan rings is 2. The highest BCUT2D eigenvalue weighted by Crippen LogP contribution is 2.44. The number of thiophene rings is 1. The molecule has 0 aliphatic heterocycles. The van der Waals surface area contributed by atoms with Crippen molar-refractivity contribution in [2.24, 2.45) is 0 Å². The molecule has 3 nitrogen and oxygen atoms in total. The Hall–Kier alpha value is -5.84. The third kappa shape index (κ3) is 3.21. The van der Waals surface area contributed by atoms with Crippen molar-refractivity contribution in [3.05, 3.63) is 140 Å². The summed E-state index contributed by atoms with van der Waals surface area (Å²) in [7, 11) is 0. The number of fused-ring (bicyclic) bond motifs is 13. The van der Waals surface area contributed by atoms with Crippen LogP contribution in [0.1, 0.15) is 0 Å². The molecule has 0 saturated carbocycles. The van der Waals surface area contributed by atoms with Crippen molar-refractivity contribution in [1.82, 2.24) is 4.57 Å². The van der Waals surface area contributed by atoms with Crippen LogP contribution in [0.3, 0.4) is 0 Å². The van der Waals surface area contributed by atoms with Gasteiger partial charge in [-0.25, -0.2) is 0 Å². The van der Waals surface area contributed by atoms with Crippen LogP contribution in [0.15, 0.2) is 148 Å². The van der Waals surface area contributed by atoms with Crippen molar-refractivity contribution in [3.8, 4) is 16.8 Å². The van der Waals surface area contributed by atoms with E-state index in [1.807, 2.05) is 23.5 Å². The first-order valence-corrected chi connectivity index (χ1v) is 16.3. The van der Waals surface area contributed by atoms with Crippen LogP contribution in [0.25, 0.3) is 103 Å². The van der Waals surface area contributed by atoms with Gasteiger partial charge < -0.3 is 13.4 Å². The summed E-state index contributed by atoms with van der Waals surface area (Å²) in [6, 6.07) is 49.8. The van der Waals surface area contributed by atoms with E-state index in [1.165, 1.54) is 42.0 Å². The van der Waals surface area contributed by atoms with Crippen LogP contribution in [-0.2, 0) is 0 Å². The Morgan fingerprint density at radius 1 is 0.457 bits per heavy atom. The van der Waals surface area contributed by atoms with Gasteiger partial charge in [0.15, 0.2) is 0 Å². The van der Waals surface area contributed by atoms with Crippen molar-refractivity contribution in [3.63, 3.8) is 0 Å². The number of hydrogen-bond acceptors (Lipinski definition) is 3. The molecule has 0 N–H and O–H groups in total. The van der Waals surface area contributed by atoms with E-state index in [9.17, 15) is 0 Å². The second kappa shape index (κ2) is 8.87. The van der Waals surface area contributed by atoms with Crippen molar-refractivity contribution in [2.75, 3.05) is 0 Å². The van der Waals surface area contributed by atoms with Gasteiger partial charge in [-0.2, -0.15) is 0 Å². The van der Waals surface area contributed by atoms with E-state index in [4.69, 9.17) is 8.83 Å². The maximum Gasteiger partial charge on any atom is 0.136 e. The molecule has 0 spiro atoms. The zero-order valence-corrected chi connectivity index (χ0v) is 25.3. The molecule has 214 valence electrons. The van der Waals surface area contributed by atoms with E-state index in [-0.39, 0.29) is 0 Å². The SMILES string of the molecule is c1ccc2c(c1)oc1cc(-c3cccc4oc5ccc(-n6c7ccccc7c7ccc8c9ccccc9sc8c76)cc5c34)ccc12. The quantitative estimate of drug-likeness (QED) is 0.196. The molecule has 0 unspecified atom stereocenters. The van der Waals surface area contributed by atoms with Gasteiger partial charge in [-0.05, 0) is 65.7 Å². The van der Waals surface area contributed by atoms with Gasteiger partial charge in [-0.3, -0.25) is 0 Å². The van der Waals surface area contributed by atoms with Gasteiger partial charge in [0.1, 0.15) is 22.3 Å². The van der Waals surface area contributed by atoms with Gasteiger partial charge in [0, 0.05) is 53.5 Å². The second-order valence-electron chi connectivity index (χ2n) is 12.1. The molecule has 4 heteroatoms. The first kappa shape index (κ1) is 24.5. The minimum atomic E-state index is 0.878. The van der Waals surface area contributed by atoms with E-state index >= 15 is 0 Å². The standard InChI is InChI=1S/C42H23NO2S/c1-4-12-34-27(8-1)31-19-20-32-30-10-3-6-15-39(30)46-42(32)41(31)43(34)25-17-21-36-33(23-25)40-26(11-7-14-37(40)44-36)24-16-18-29-28-9-2-5-13-35(28)45-38(29)22-24/h1-23H. The van der Waals surface area contributed by atoms with Gasteiger partial charge in [-0.15, -0.1) is 11.3 Å². The second-order valence-corrected chi connectivity index (χ2v) is 13.1. The van der Waals surface area contributed by atoms with Crippen LogP contribution in [0.2, 0.25) is 0 Å². The molecule has 4 aromatic heterocycles.